The van der Waals surface area contributed by atoms with Crippen molar-refractivity contribution < 1.29 is 4.74 Å². The third-order valence-electron chi connectivity index (χ3n) is 4.20. The van der Waals surface area contributed by atoms with Gasteiger partial charge in [0.2, 0.25) is 0 Å². The zero-order valence-corrected chi connectivity index (χ0v) is 14.3. The van der Waals surface area contributed by atoms with Crippen molar-refractivity contribution in [1.82, 2.24) is 19.5 Å². The van der Waals surface area contributed by atoms with Gasteiger partial charge in [-0.15, -0.1) is 0 Å². The summed E-state index contributed by atoms with van der Waals surface area (Å²) < 4.78 is 7.23. The minimum Gasteiger partial charge on any atom is -0.497 e. The lowest BCUT2D eigenvalue weighted by Crippen LogP contribution is -2.02. The van der Waals surface area contributed by atoms with Crippen LogP contribution in [-0.4, -0.2) is 26.6 Å². The minimum absolute atomic E-state index is 0.333. The summed E-state index contributed by atoms with van der Waals surface area (Å²) in [5.74, 6) is 1.37. The highest BCUT2D eigenvalue weighted by Gasteiger charge is 2.17. The SMILES string of the molecule is COc1ccc2c(-n3cnc(C)c3)nc(C#N)c(-c3cccnc3)c2c1. The average Bonchev–Trinajstić information content (AvgIpc) is 3.12. The summed E-state index contributed by atoms with van der Waals surface area (Å²) in [6.45, 7) is 1.91. The maximum atomic E-state index is 9.75. The van der Waals surface area contributed by atoms with E-state index in [2.05, 4.69) is 21.0 Å². The number of nitrogens with zero attached hydrogens (tertiary/aromatic N) is 5. The van der Waals surface area contributed by atoms with E-state index in [-0.39, 0.29) is 0 Å². The van der Waals surface area contributed by atoms with Crippen LogP contribution in [0.5, 0.6) is 5.75 Å². The van der Waals surface area contributed by atoms with Gasteiger partial charge < -0.3 is 4.74 Å². The Morgan fingerprint density at radius 3 is 2.73 bits per heavy atom. The first-order valence-corrected chi connectivity index (χ1v) is 8.04. The quantitative estimate of drug-likeness (QED) is 0.568. The monoisotopic (exact) mass is 341 g/mol. The molecule has 0 aliphatic heterocycles. The molecular weight excluding hydrogens is 326 g/mol. The Balaban J connectivity index is 2.13. The van der Waals surface area contributed by atoms with Crippen LogP contribution >= 0.6 is 0 Å². The summed E-state index contributed by atoms with van der Waals surface area (Å²) in [5.41, 5.74) is 2.79. The van der Waals surface area contributed by atoms with Crippen molar-refractivity contribution in [2.45, 2.75) is 6.92 Å². The number of imidazole rings is 1. The Bertz CT molecular complexity index is 1140. The van der Waals surface area contributed by atoms with E-state index in [1.807, 2.05) is 48.0 Å². The van der Waals surface area contributed by atoms with Crippen LogP contribution < -0.4 is 4.74 Å². The fraction of sp³-hybridized carbons (Fsp3) is 0.100. The number of pyridine rings is 2. The van der Waals surface area contributed by atoms with Crippen LogP contribution in [0.25, 0.3) is 27.7 Å². The molecule has 0 amide bonds. The summed E-state index contributed by atoms with van der Waals surface area (Å²) in [7, 11) is 1.62. The van der Waals surface area contributed by atoms with Gasteiger partial charge in [0.25, 0.3) is 0 Å². The van der Waals surface area contributed by atoms with Crippen LogP contribution in [0.15, 0.2) is 55.2 Å². The van der Waals surface area contributed by atoms with Gasteiger partial charge in [-0.1, -0.05) is 6.07 Å². The van der Waals surface area contributed by atoms with Crippen LogP contribution in [0.3, 0.4) is 0 Å². The third kappa shape index (κ3) is 2.56. The number of aromatic nitrogens is 4. The highest BCUT2D eigenvalue weighted by molar-refractivity contribution is 6.02. The topological polar surface area (TPSA) is 76.6 Å². The molecule has 0 aliphatic carbocycles. The van der Waals surface area contributed by atoms with Crippen molar-refractivity contribution in [2.75, 3.05) is 7.11 Å². The van der Waals surface area contributed by atoms with E-state index in [0.717, 1.165) is 27.6 Å². The van der Waals surface area contributed by atoms with E-state index in [4.69, 9.17) is 4.74 Å². The lowest BCUT2D eigenvalue weighted by molar-refractivity contribution is 0.415. The van der Waals surface area contributed by atoms with Gasteiger partial charge in [0.05, 0.1) is 12.8 Å². The van der Waals surface area contributed by atoms with E-state index in [9.17, 15) is 5.26 Å². The molecule has 0 saturated heterocycles. The average molecular weight is 341 g/mol. The number of aryl methyl sites for hydroxylation is 1. The Labute approximate surface area is 150 Å². The first-order valence-electron chi connectivity index (χ1n) is 8.04. The van der Waals surface area contributed by atoms with Crippen molar-refractivity contribution in [2.24, 2.45) is 0 Å². The minimum atomic E-state index is 0.333. The number of hydrogen-bond acceptors (Lipinski definition) is 5. The molecule has 126 valence electrons. The predicted molar refractivity (Wildman–Crippen MR) is 98.1 cm³/mol. The van der Waals surface area contributed by atoms with Gasteiger partial charge in [0.1, 0.15) is 24.0 Å². The maximum absolute atomic E-state index is 9.75. The Kier molecular flexibility index (Phi) is 3.82. The molecule has 0 unspecified atom stereocenters. The zero-order chi connectivity index (χ0) is 18.1. The highest BCUT2D eigenvalue weighted by Crippen LogP contribution is 2.35. The maximum Gasteiger partial charge on any atom is 0.151 e. The van der Waals surface area contributed by atoms with Gasteiger partial charge in [-0.05, 0) is 36.6 Å². The summed E-state index contributed by atoms with van der Waals surface area (Å²) in [6.07, 6.45) is 7.02. The smallest absolute Gasteiger partial charge is 0.151 e. The number of benzene rings is 1. The van der Waals surface area contributed by atoms with Crippen molar-refractivity contribution in [1.29, 1.82) is 5.26 Å². The molecule has 4 rings (SSSR count). The molecule has 1 aromatic carbocycles. The molecule has 0 aliphatic rings. The molecule has 0 radical (unpaired) electrons. The molecule has 0 saturated carbocycles. The standard InChI is InChI=1S/C20H15N5O/c1-13-11-25(12-23-13)20-16-6-5-15(26-2)8-17(16)19(18(9-21)24-20)14-4-3-7-22-10-14/h3-8,10-12H,1-2H3. The van der Waals surface area contributed by atoms with Crippen molar-refractivity contribution in [3.63, 3.8) is 0 Å². The highest BCUT2D eigenvalue weighted by atomic mass is 16.5. The Hall–Kier alpha value is -3.72. The summed E-state index contributed by atoms with van der Waals surface area (Å²) in [6, 6.07) is 11.8. The van der Waals surface area contributed by atoms with Crippen molar-refractivity contribution >= 4 is 10.8 Å². The van der Waals surface area contributed by atoms with Crippen molar-refractivity contribution in [3.05, 3.63) is 66.6 Å². The van der Waals surface area contributed by atoms with Crippen molar-refractivity contribution in [3.8, 4) is 28.8 Å². The second kappa shape index (κ2) is 6.30. The molecule has 0 atom stereocenters. The van der Waals surface area contributed by atoms with Gasteiger partial charge in [-0.2, -0.15) is 5.26 Å². The Morgan fingerprint density at radius 1 is 1.19 bits per heavy atom. The molecule has 0 spiro atoms. The van der Waals surface area contributed by atoms with E-state index in [0.29, 0.717) is 17.3 Å². The molecule has 26 heavy (non-hydrogen) atoms. The first-order chi connectivity index (χ1) is 12.7. The molecule has 4 aromatic rings. The number of hydrogen-bond donors (Lipinski definition) is 0. The number of ether oxygens (including phenoxy) is 1. The van der Waals surface area contributed by atoms with Gasteiger partial charge >= 0.3 is 0 Å². The molecule has 0 bridgehead atoms. The molecule has 0 fully saturated rings. The van der Waals surface area contributed by atoms with Crippen LogP contribution in [0.2, 0.25) is 0 Å². The third-order valence-corrected chi connectivity index (χ3v) is 4.20. The lowest BCUT2D eigenvalue weighted by Gasteiger charge is -2.14. The van der Waals surface area contributed by atoms with Crippen LogP contribution in [0.4, 0.5) is 0 Å². The largest absolute Gasteiger partial charge is 0.497 e. The fourth-order valence-corrected chi connectivity index (χ4v) is 3.02. The molecule has 0 N–H and O–H groups in total. The molecule has 6 heteroatoms. The first kappa shape index (κ1) is 15.8. The van der Waals surface area contributed by atoms with Gasteiger partial charge in [0.15, 0.2) is 5.69 Å². The summed E-state index contributed by atoms with van der Waals surface area (Å²) >= 11 is 0. The van der Waals surface area contributed by atoms with E-state index >= 15 is 0 Å². The fourth-order valence-electron chi connectivity index (χ4n) is 3.02. The molecular formula is C20H15N5O. The van der Waals surface area contributed by atoms with Crippen LogP contribution in [0, 0.1) is 18.3 Å². The van der Waals surface area contributed by atoms with Gasteiger partial charge in [0, 0.05) is 35.1 Å². The van der Waals surface area contributed by atoms with E-state index in [1.54, 1.807) is 25.8 Å². The second-order valence-electron chi connectivity index (χ2n) is 5.85. The van der Waals surface area contributed by atoms with E-state index in [1.165, 1.54) is 0 Å². The number of rotatable bonds is 3. The predicted octanol–water partition coefficient (Wildman–Crippen LogP) is 3.67. The normalized spacial score (nSPS) is 10.7. The van der Waals surface area contributed by atoms with Gasteiger partial charge in [-0.25, -0.2) is 9.97 Å². The molecule has 3 heterocycles. The van der Waals surface area contributed by atoms with Gasteiger partial charge in [-0.3, -0.25) is 9.55 Å². The lowest BCUT2D eigenvalue weighted by atomic mass is 9.98. The molecule has 6 nitrogen and oxygen atoms in total. The zero-order valence-electron chi connectivity index (χ0n) is 14.3. The second-order valence-corrected chi connectivity index (χ2v) is 5.85. The van der Waals surface area contributed by atoms with E-state index < -0.39 is 0 Å². The summed E-state index contributed by atoms with van der Waals surface area (Å²) in [5, 5.41) is 11.5. The van der Waals surface area contributed by atoms with Crippen LogP contribution in [-0.2, 0) is 0 Å². The number of fused-ring (bicyclic) bond motifs is 1. The summed E-state index contributed by atoms with van der Waals surface area (Å²) in [4.78, 5) is 13.1. The number of nitriles is 1. The Morgan fingerprint density at radius 2 is 2.08 bits per heavy atom. The molecule has 3 aromatic heterocycles. The number of methoxy groups -OCH3 is 1. The van der Waals surface area contributed by atoms with Crippen LogP contribution in [0.1, 0.15) is 11.4 Å².